The Hall–Kier alpha value is -2.13. The lowest BCUT2D eigenvalue weighted by atomic mass is 10.1. The molecule has 1 aromatic carbocycles. The summed E-state index contributed by atoms with van der Waals surface area (Å²) in [5.41, 5.74) is 2.73. The van der Waals surface area contributed by atoms with Gasteiger partial charge in [0.15, 0.2) is 11.4 Å². The molecule has 2 atom stereocenters. The maximum Gasteiger partial charge on any atom is 0.157 e. The molecule has 8 heteroatoms. The summed E-state index contributed by atoms with van der Waals surface area (Å²) < 4.78 is 1.85. The standard InChI is InChI=1S/C18H20N4OS.C3H8O2/c23-11-12-4-5-14(8-12)20-17-6-7-19-18-10-16(21-22(17)18)13-2-1-3-15(24)9-13;1-3(2,4)5/h1-3,6-7,9-10,12,14,20,23-24H,4-5,8,11H2;4-5H,1-2H3/t12-,14+;/m1./s1. The van der Waals surface area contributed by atoms with Crippen molar-refractivity contribution in [1.29, 1.82) is 0 Å². The highest BCUT2D eigenvalue weighted by Gasteiger charge is 2.24. The van der Waals surface area contributed by atoms with Gasteiger partial charge in [-0.15, -0.1) is 12.6 Å². The number of aromatic nitrogens is 3. The van der Waals surface area contributed by atoms with Gasteiger partial charge in [0.1, 0.15) is 5.82 Å². The van der Waals surface area contributed by atoms with Crippen LogP contribution in [-0.2, 0) is 0 Å². The van der Waals surface area contributed by atoms with Crippen molar-refractivity contribution in [1.82, 2.24) is 14.6 Å². The van der Waals surface area contributed by atoms with E-state index >= 15 is 0 Å². The first-order valence-corrected chi connectivity index (χ1v) is 10.1. The van der Waals surface area contributed by atoms with Crippen LogP contribution in [0.25, 0.3) is 16.9 Å². The molecule has 0 amide bonds. The summed E-state index contributed by atoms with van der Waals surface area (Å²) in [6, 6.07) is 12.3. The number of rotatable bonds is 4. The second-order valence-corrected chi connectivity index (χ2v) is 8.39. The Bertz CT molecular complexity index is 948. The van der Waals surface area contributed by atoms with Gasteiger partial charge in [-0.3, -0.25) is 0 Å². The van der Waals surface area contributed by atoms with Gasteiger partial charge in [0.2, 0.25) is 0 Å². The molecule has 2 aromatic heterocycles. The second-order valence-electron chi connectivity index (χ2n) is 7.88. The minimum absolute atomic E-state index is 0.274. The Morgan fingerprint density at radius 1 is 1.21 bits per heavy atom. The first-order valence-electron chi connectivity index (χ1n) is 9.69. The van der Waals surface area contributed by atoms with E-state index in [9.17, 15) is 5.11 Å². The van der Waals surface area contributed by atoms with Crippen LogP contribution in [0.1, 0.15) is 33.1 Å². The lowest BCUT2D eigenvalue weighted by molar-refractivity contribution is -0.127. The number of benzene rings is 1. The van der Waals surface area contributed by atoms with Gasteiger partial charge < -0.3 is 20.6 Å². The topological polar surface area (TPSA) is 103 Å². The molecule has 0 aliphatic heterocycles. The summed E-state index contributed by atoms with van der Waals surface area (Å²) in [6.07, 6.45) is 4.94. The molecule has 0 unspecified atom stereocenters. The fraction of sp³-hybridized carbons (Fsp3) is 0.429. The Kier molecular flexibility index (Phi) is 6.79. The number of fused-ring (bicyclic) bond motifs is 1. The number of hydrogen-bond donors (Lipinski definition) is 5. The van der Waals surface area contributed by atoms with Crippen LogP contribution in [0.15, 0.2) is 47.5 Å². The van der Waals surface area contributed by atoms with Gasteiger partial charge in [-0.1, -0.05) is 12.1 Å². The van der Waals surface area contributed by atoms with Crippen LogP contribution in [0.3, 0.4) is 0 Å². The van der Waals surface area contributed by atoms with E-state index in [1.165, 1.54) is 13.8 Å². The zero-order valence-corrected chi connectivity index (χ0v) is 17.5. The number of hydrogen-bond acceptors (Lipinski definition) is 7. The number of thiol groups is 1. The average molecular weight is 417 g/mol. The molecule has 0 radical (unpaired) electrons. The Morgan fingerprint density at radius 2 is 1.97 bits per heavy atom. The van der Waals surface area contributed by atoms with E-state index in [0.29, 0.717) is 12.0 Å². The highest BCUT2D eigenvalue weighted by molar-refractivity contribution is 7.80. The maximum absolute atomic E-state index is 9.31. The van der Waals surface area contributed by atoms with E-state index in [1.807, 2.05) is 40.9 Å². The number of aliphatic hydroxyl groups is 3. The zero-order chi connectivity index (χ0) is 21.0. The first-order chi connectivity index (χ1) is 13.7. The van der Waals surface area contributed by atoms with Crippen LogP contribution in [-0.4, -0.2) is 48.4 Å². The smallest absolute Gasteiger partial charge is 0.157 e. The minimum Gasteiger partial charge on any atom is -0.396 e. The third-order valence-corrected chi connectivity index (χ3v) is 4.93. The van der Waals surface area contributed by atoms with E-state index in [2.05, 4.69) is 22.9 Å². The first kappa shape index (κ1) is 21.6. The predicted octanol–water partition coefficient (Wildman–Crippen LogP) is 2.97. The molecule has 29 heavy (non-hydrogen) atoms. The molecular formula is C21H28N4O3S. The number of aliphatic hydroxyl groups excluding tert-OH is 1. The molecule has 4 rings (SSSR count). The highest BCUT2D eigenvalue weighted by atomic mass is 32.1. The van der Waals surface area contributed by atoms with E-state index in [-0.39, 0.29) is 6.61 Å². The van der Waals surface area contributed by atoms with Gasteiger partial charge in [-0.2, -0.15) is 9.61 Å². The van der Waals surface area contributed by atoms with E-state index < -0.39 is 5.79 Å². The molecule has 0 saturated heterocycles. The van der Waals surface area contributed by atoms with Crippen LogP contribution in [0.5, 0.6) is 0 Å². The number of nitrogens with zero attached hydrogens (tertiary/aromatic N) is 3. The lowest BCUT2D eigenvalue weighted by Gasteiger charge is -2.14. The van der Waals surface area contributed by atoms with Crippen molar-refractivity contribution in [2.75, 3.05) is 11.9 Å². The van der Waals surface area contributed by atoms with E-state index in [1.54, 1.807) is 6.20 Å². The van der Waals surface area contributed by atoms with E-state index in [0.717, 1.165) is 46.9 Å². The SMILES string of the molecule is CC(C)(O)O.OC[C@@H]1CC[C@H](Nc2ccnc3cc(-c4cccc(S)c4)nn23)C1. The molecule has 2 heterocycles. The molecule has 0 spiro atoms. The lowest BCUT2D eigenvalue weighted by Crippen LogP contribution is -2.18. The van der Waals surface area contributed by atoms with Crippen LogP contribution in [0.4, 0.5) is 5.82 Å². The van der Waals surface area contributed by atoms with Crippen LogP contribution < -0.4 is 5.32 Å². The van der Waals surface area contributed by atoms with Gasteiger partial charge in [0.05, 0.1) is 5.69 Å². The van der Waals surface area contributed by atoms with Crippen molar-refractivity contribution in [3.63, 3.8) is 0 Å². The number of anilines is 1. The fourth-order valence-electron chi connectivity index (χ4n) is 3.39. The maximum atomic E-state index is 9.31. The van der Waals surface area contributed by atoms with Crippen molar-refractivity contribution < 1.29 is 15.3 Å². The molecular weight excluding hydrogens is 388 g/mol. The summed E-state index contributed by atoms with van der Waals surface area (Å²) >= 11 is 4.40. The molecule has 1 aliphatic rings. The fourth-order valence-corrected chi connectivity index (χ4v) is 3.62. The summed E-state index contributed by atoms with van der Waals surface area (Å²) in [4.78, 5) is 5.33. The molecule has 1 fully saturated rings. The van der Waals surface area contributed by atoms with Crippen LogP contribution >= 0.6 is 12.6 Å². The quantitative estimate of drug-likeness (QED) is 0.331. The van der Waals surface area contributed by atoms with Crippen molar-refractivity contribution in [2.24, 2.45) is 5.92 Å². The zero-order valence-electron chi connectivity index (χ0n) is 16.7. The van der Waals surface area contributed by atoms with Crippen LogP contribution in [0.2, 0.25) is 0 Å². The summed E-state index contributed by atoms with van der Waals surface area (Å²) in [6.45, 7) is 2.87. The minimum atomic E-state index is -1.50. The Labute approximate surface area is 175 Å². The van der Waals surface area contributed by atoms with Gasteiger partial charge >= 0.3 is 0 Å². The third kappa shape index (κ3) is 6.17. The van der Waals surface area contributed by atoms with Gasteiger partial charge in [0.25, 0.3) is 0 Å². The van der Waals surface area contributed by atoms with E-state index in [4.69, 9.17) is 15.3 Å². The summed E-state index contributed by atoms with van der Waals surface area (Å²) in [5, 5.41) is 33.7. The third-order valence-electron chi connectivity index (χ3n) is 4.65. The summed E-state index contributed by atoms with van der Waals surface area (Å²) in [7, 11) is 0. The average Bonchev–Trinajstić information content (AvgIpc) is 3.27. The molecule has 1 aliphatic carbocycles. The van der Waals surface area contributed by atoms with Gasteiger partial charge in [0, 0.05) is 35.4 Å². The van der Waals surface area contributed by atoms with Crippen LogP contribution in [0, 0.1) is 5.92 Å². The molecule has 3 aromatic rings. The summed E-state index contributed by atoms with van der Waals surface area (Å²) in [5.74, 6) is -0.150. The monoisotopic (exact) mass is 416 g/mol. The van der Waals surface area contributed by atoms with Gasteiger partial charge in [-0.05, 0) is 57.2 Å². The second kappa shape index (κ2) is 9.13. The van der Waals surface area contributed by atoms with Crippen molar-refractivity contribution >= 4 is 24.1 Å². The Morgan fingerprint density at radius 3 is 2.62 bits per heavy atom. The molecule has 156 valence electrons. The predicted molar refractivity (Wildman–Crippen MR) is 116 cm³/mol. The van der Waals surface area contributed by atoms with Crippen molar-refractivity contribution in [3.05, 3.63) is 42.6 Å². The number of nitrogens with one attached hydrogen (secondary N) is 1. The molecule has 7 nitrogen and oxygen atoms in total. The van der Waals surface area contributed by atoms with Crippen molar-refractivity contribution in [2.45, 2.75) is 49.8 Å². The van der Waals surface area contributed by atoms with Crippen molar-refractivity contribution in [3.8, 4) is 11.3 Å². The van der Waals surface area contributed by atoms with Gasteiger partial charge in [-0.25, -0.2) is 4.98 Å². The highest BCUT2D eigenvalue weighted by Crippen LogP contribution is 2.28. The largest absolute Gasteiger partial charge is 0.396 e. The molecule has 0 bridgehead atoms. The molecule has 4 N–H and O–H groups in total. The molecule has 1 saturated carbocycles. The Balaban J connectivity index is 0.000000431. The normalized spacial score (nSPS) is 19.1.